The van der Waals surface area contributed by atoms with E-state index in [-0.39, 0.29) is 23.8 Å². The quantitative estimate of drug-likeness (QED) is 0.710. The van der Waals surface area contributed by atoms with Crippen molar-refractivity contribution in [2.24, 2.45) is 5.92 Å². The first kappa shape index (κ1) is 22.9. The maximum absolute atomic E-state index is 13.8. The number of carbonyl (C=O) groups is 1. The molecule has 32 heavy (non-hydrogen) atoms. The van der Waals surface area contributed by atoms with Crippen LogP contribution in [0.5, 0.6) is 0 Å². The number of nitrogens with zero attached hydrogens (tertiary/aromatic N) is 3. The van der Waals surface area contributed by atoms with Crippen molar-refractivity contribution in [3.63, 3.8) is 0 Å². The number of nitrogens with one attached hydrogen (secondary N) is 1. The van der Waals surface area contributed by atoms with Crippen LogP contribution in [0.3, 0.4) is 0 Å². The lowest BCUT2D eigenvalue weighted by Gasteiger charge is -2.30. The summed E-state index contributed by atoms with van der Waals surface area (Å²) in [7, 11) is 0. The fourth-order valence-corrected chi connectivity index (χ4v) is 4.47. The Kier molecular flexibility index (Phi) is 7.23. The van der Waals surface area contributed by atoms with Crippen LogP contribution in [0, 0.1) is 11.7 Å². The average molecular weight is 463 g/mol. The number of halogens is 2. The summed E-state index contributed by atoms with van der Waals surface area (Å²) in [6, 6.07) is 3.17. The molecule has 0 bridgehead atoms. The van der Waals surface area contributed by atoms with E-state index in [1.807, 2.05) is 6.20 Å². The lowest BCUT2D eigenvalue weighted by molar-refractivity contribution is 0.00242. The fourth-order valence-electron chi connectivity index (χ4n) is 4.35. The smallest absolute Gasteiger partial charge is 0.318 e. The lowest BCUT2D eigenvalue weighted by Crippen LogP contribution is -2.45. The Morgan fingerprint density at radius 2 is 2.31 bits per heavy atom. The Morgan fingerprint density at radius 3 is 3.06 bits per heavy atom. The Hall–Kier alpha value is -2.29. The summed E-state index contributed by atoms with van der Waals surface area (Å²) in [5, 5.41) is 12.5. The zero-order valence-electron chi connectivity index (χ0n) is 18.1. The number of carbonyl (C=O) groups excluding carboxylic acids is 1. The van der Waals surface area contributed by atoms with Gasteiger partial charge >= 0.3 is 6.03 Å². The third-order valence-electron chi connectivity index (χ3n) is 6.17. The molecule has 172 valence electrons. The van der Waals surface area contributed by atoms with Gasteiger partial charge in [0.05, 0.1) is 36.0 Å². The van der Waals surface area contributed by atoms with Crippen molar-refractivity contribution in [3.05, 3.63) is 57.9 Å². The van der Waals surface area contributed by atoms with E-state index < -0.39 is 11.9 Å². The molecule has 1 aromatic heterocycles. The van der Waals surface area contributed by atoms with Crippen molar-refractivity contribution in [2.45, 2.75) is 51.3 Å². The normalized spacial score (nSPS) is 21.7. The molecule has 0 spiro atoms. The molecule has 2 aromatic rings. The number of benzene rings is 1. The zero-order chi connectivity index (χ0) is 22.7. The van der Waals surface area contributed by atoms with E-state index in [1.165, 1.54) is 12.1 Å². The van der Waals surface area contributed by atoms with Crippen LogP contribution in [-0.4, -0.2) is 51.9 Å². The van der Waals surface area contributed by atoms with Crippen molar-refractivity contribution in [1.29, 1.82) is 0 Å². The maximum Gasteiger partial charge on any atom is 0.318 e. The van der Waals surface area contributed by atoms with E-state index >= 15 is 0 Å². The van der Waals surface area contributed by atoms with Crippen LogP contribution in [0.1, 0.15) is 48.5 Å². The topological polar surface area (TPSA) is 87.6 Å². The number of fused-ring (bicyclic) bond motifs is 1. The molecule has 0 aliphatic carbocycles. The lowest BCUT2D eigenvalue weighted by atomic mass is 9.92. The van der Waals surface area contributed by atoms with Gasteiger partial charge in [0.2, 0.25) is 0 Å². The van der Waals surface area contributed by atoms with Crippen molar-refractivity contribution in [1.82, 2.24) is 20.2 Å². The van der Waals surface area contributed by atoms with Gasteiger partial charge < -0.3 is 20.1 Å². The molecule has 2 amide bonds. The van der Waals surface area contributed by atoms with Crippen molar-refractivity contribution < 1.29 is 19.0 Å². The molecule has 1 saturated heterocycles. The van der Waals surface area contributed by atoms with Gasteiger partial charge in [-0.15, -0.1) is 0 Å². The van der Waals surface area contributed by atoms with Gasteiger partial charge in [-0.3, -0.25) is 0 Å². The molecule has 3 atom stereocenters. The number of urea groups is 1. The average Bonchev–Trinajstić information content (AvgIpc) is 2.78. The van der Waals surface area contributed by atoms with Crippen LogP contribution < -0.4 is 5.32 Å². The second-order valence-corrected chi connectivity index (χ2v) is 8.97. The summed E-state index contributed by atoms with van der Waals surface area (Å²) in [5.41, 5.74) is 2.36. The number of rotatable bonds is 5. The summed E-state index contributed by atoms with van der Waals surface area (Å²) in [5.74, 6) is 0.715. The number of aliphatic hydroxyl groups is 1. The molecule has 2 aliphatic heterocycles. The molecular weight excluding hydrogens is 435 g/mol. The third kappa shape index (κ3) is 5.36. The van der Waals surface area contributed by atoms with E-state index in [0.717, 1.165) is 43.0 Å². The number of ether oxygens (including phenoxy) is 1. The molecule has 3 heterocycles. The van der Waals surface area contributed by atoms with E-state index in [9.17, 15) is 14.3 Å². The van der Waals surface area contributed by atoms with Gasteiger partial charge in [-0.1, -0.05) is 17.7 Å². The highest BCUT2D eigenvalue weighted by atomic mass is 35.5. The Morgan fingerprint density at radius 1 is 1.47 bits per heavy atom. The number of aliphatic hydroxyl groups excluding tert-OH is 1. The third-order valence-corrected chi connectivity index (χ3v) is 6.48. The molecule has 1 fully saturated rings. The van der Waals surface area contributed by atoms with E-state index in [0.29, 0.717) is 31.0 Å². The first-order chi connectivity index (χ1) is 15.4. The number of hydrogen-bond acceptors (Lipinski definition) is 5. The molecule has 0 saturated carbocycles. The Balaban J connectivity index is 1.41. The van der Waals surface area contributed by atoms with E-state index in [4.69, 9.17) is 21.3 Å². The molecule has 1 aromatic carbocycles. The Labute approximate surface area is 192 Å². The van der Waals surface area contributed by atoms with Crippen LogP contribution in [-0.2, 0) is 24.1 Å². The van der Waals surface area contributed by atoms with Gasteiger partial charge in [0, 0.05) is 25.8 Å². The van der Waals surface area contributed by atoms with E-state index in [1.54, 1.807) is 11.0 Å². The van der Waals surface area contributed by atoms with Crippen molar-refractivity contribution >= 4 is 17.6 Å². The van der Waals surface area contributed by atoms with Crippen LogP contribution >= 0.6 is 11.6 Å². The monoisotopic (exact) mass is 462 g/mol. The van der Waals surface area contributed by atoms with Gasteiger partial charge in [0.15, 0.2) is 0 Å². The van der Waals surface area contributed by atoms with Crippen LogP contribution in [0.15, 0.2) is 24.4 Å². The summed E-state index contributed by atoms with van der Waals surface area (Å²) in [4.78, 5) is 23.8. The highest BCUT2D eigenvalue weighted by molar-refractivity contribution is 6.30. The number of amides is 2. The number of hydrogen-bond donors (Lipinski definition) is 2. The minimum Gasteiger partial charge on any atom is -0.394 e. The van der Waals surface area contributed by atoms with Crippen molar-refractivity contribution in [2.75, 3.05) is 19.8 Å². The largest absolute Gasteiger partial charge is 0.394 e. The van der Waals surface area contributed by atoms with Gasteiger partial charge in [0.1, 0.15) is 11.6 Å². The minimum absolute atomic E-state index is 0.00454. The first-order valence-corrected chi connectivity index (χ1v) is 11.4. The number of aromatic nitrogens is 2. The van der Waals surface area contributed by atoms with Crippen LogP contribution in [0.2, 0.25) is 5.02 Å². The molecule has 7 nitrogen and oxygen atoms in total. The molecular formula is C23H28ClFN4O3. The molecule has 2 unspecified atom stereocenters. The fraction of sp³-hybridized carbons (Fsp3) is 0.522. The standard InChI is InChI=1S/C23H28ClFN4O3/c1-14-8-15(5-7-32-14)9-22-26-11-17-4-6-29(12-20(17)27-22)23(31)28-21(13-30)16-2-3-18(24)19(25)10-16/h2-3,10-11,14-15,21,30H,4-9,12-13H2,1H3,(H,28,31)/t14?,15?,21-/m1/s1. The van der Waals surface area contributed by atoms with E-state index in [2.05, 4.69) is 17.2 Å². The SMILES string of the molecule is CC1CC(Cc2ncc3c(n2)CN(C(=O)N[C@H](CO)c2ccc(Cl)c(F)c2)CC3)CCO1. The summed E-state index contributed by atoms with van der Waals surface area (Å²) in [6.07, 6.45) is 5.62. The molecule has 2 N–H and O–H groups in total. The summed E-state index contributed by atoms with van der Waals surface area (Å²) < 4.78 is 19.4. The van der Waals surface area contributed by atoms with Crippen LogP contribution in [0.4, 0.5) is 9.18 Å². The van der Waals surface area contributed by atoms with Gasteiger partial charge in [-0.25, -0.2) is 19.2 Å². The van der Waals surface area contributed by atoms with Crippen LogP contribution in [0.25, 0.3) is 0 Å². The van der Waals surface area contributed by atoms with Gasteiger partial charge in [-0.05, 0) is 55.4 Å². The zero-order valence-corrected chi connectivity index (χ0v) is 18.8. The van der Waals surface area contributed by atoms with Crippen molar-refractivity contribution in [3.8, 4) is 0 Å². The second-order valence-electron chi connectivity index (χ2n) is 8.56. The predicted molar refractivity (Wildman–Crippen MR) is 118 cm³/mol. The second kappa shape index (κ2) is 10.1. The predicted octanol–water partition coefficient (Wildman–Crippen LogP) is 3.43. The first-order valence-electron chi connectivity index (χ1n) is 11.0. The van der Waals surface area contributed by atoms with Gasteiger partial charge in [0.25, 0.3) is 0 Å². The Bertz CT molecular complexity index is 976. The highest BCUT2D eigenvalue weighted by Crippen LogP contribution is 2.25. The summed E-state index contributed by atoms with van der Waals surface area (Å²) in [6.45, 7) is 3.40. The molecule has 0 radical (unpaired) electrons. The molecule has 2 aliphatic rings. The minimum atomic E-state index is -0.730. The molecule has 9 heteroatoms. The highest BCUT2D eigenvalue weighted by Gasteiger charge is 2.26. The molecule has 4 rings (SSSR count). The maximum atomic E-state index is 13.8. The van der Waals surface area contributed by atoms with Gasteiger partial charge in [-0.2, -0.15) is 0 Å². The summed E-state index contributed by atoms with van der Waals surface area (Å²) >= 11 is 5.73.